The van der Waals surface area contributed by atoms with Gasteiger partial charge in [-0.3, -0.25) is 0 Å². The van der Waals surface area contributed by atoms with E-state index in [0.717, 1.165) is 23.4 Å². The number of esters is 4. The van der Waals surface area contributed by atoms with Crippen molar-refractivity contribution < 1.29 is 47.6 Å². The van der Waals surface area contributed by atoms with Crippen molar-refractivity contribution in [3.05, 3.63) is 163 Å². The summed E-state index contributed by atoms with van der Waals surface area (Å²) >= 11 is 0. The van der Waals surface area contributed by atoms with Crippen molar-refractivity contribution in [1.29, 1.82) is 0 Å². The topological polar surface area (TPSA) is 148 Å². The lowest BCUT2D eigenvalue weighted by atomic mass is 9.83. The van der Waals surface area contributed by atoms with E-state index in [4.69, 9.17) is 33.5 Å². The molecule has 0 saturated heterocycles. The van der Waals surface area contributed by atoms with Gasteiger partial charge in [0, 0.05) is 36.0 Å². The van der Waals surface area contributed by atoms with E-state index in [1.165, 1.54) is 12.1 Å². The lowest BCUT2D eigenvalue weighted by molar-refractivity contribution is -0.145. The summed E-state index contributed by atoms with van der Waals surface area (Å²) in [5.41, 5.74) is 2.82. The first-order valence-electron chi connectivity index (χ1n) is 17.7. The monoisotopic (exact) mass is 754 g/mol. The van der Waals surface area contributed by atoms with Crippen LogP contribution in [0.15, 0.2) is 151 Å². The van der Waals surface area contributed by atoms with Crippen molar-refractivity contribution in [2.75, 3.05) is 20.2 Å². The van der Waals surface area contributed by atoms with Crippen LogP contribution >= 0.6 is 0 Å². The molecule has 0 amide bonds. The minimum absolute atomic E-state index is 0.0691. The fourth-order valence-corrected chi connectivity index (χ4v) is 6.34. The Hall–Kier alpha value is -7.08. The summed E-state index contributed by atoms with van der Waals surface area (Å²) in [6.45, 7) is 6.12. The van der Waals surface area contributed by atoms with Crippen LogP contribution in [-0.2, 0) is 30.2 Å². The number of ether oxygens (including phenoxy) is 6. The summed E-state index contributed by atoms with van der Waals surface area (Å²) < 4.78 is 31.7. The Bertz CT molecular complexity index is 2110. The third-order valence-electron chi connectivity index (χ3n) is 9.12. The second kappa shape index (κ2) is 18.8. The zero-order valence-electron chi connectivity index (χ0n) is 30.2. The summed E-state index contributed by atoms with van der Waals surface area (Å²) in [5, 5.41) is 9.23. The van der Waals surface area contributed by atoms with Gasteiger partial charge in [-0.05, 0) is 78.1 Å². The normalized spacial score (nSPS) is 18.7. The molecule has 3 aliphatic rings. The Balaban J connectivity index is 1.14. The maximum Gasteiger partial charge on any atom is 0.343 e. The van der Waals surface area contributed by atoms with Crippen LogP contribution in [0.4, 0.5) is 0 Å². The van der Waals surface area contributed by atoms with Gasteiger partial charge in [0.25, 0.3) is 0 Å². The molecule has 1 fully saturated rings. The molecular formula is C44H38N2O10. The molecule has 0 radical (unpaired) electrons. The highest BCUT2D eigenvalue weighted by Crippen LogP contribution is 2.45. The molecular weight excluding hydrogens is 716 g/mol. The highest BCUT2D eigenvalue weighted by atomic mass is 16.7. The van der Waals surface area contributed by atoms with Crippen molar-refractivity contribution >= 4 is 35.8 Å². The molecule has 12 nitrogen and oxygen atoms in total. The molecule has 0 spiro atoms. The van der Waals surface area contributed by atoms with Gasteiger partial charge in [0.05, 0.1) is 29.7 Å². The van der Waals surface area contributed by atoms with Crippen LogP contribution < -0.4 is 14.2 Å². The number of hydrogen-bond donors (Lipinski definition) is 0. The maximum atomic E-state index is 13.3. The predicted octanol–water partition coefficient (Wildman–Crippen LogP) is 6.94. The van der Waals surface area contributed by atoms with Gasteiger partial charge in [-0.25, -0.2) is 19.2 Å². The van der Waals surface area contributed by atoms with Gasteiger partial charge in [-0.1, -0.05) is 67.8 Å². The van der Waals surface area contributed by atoms with Gasteiger partial charge in [-0.15, -0.1) is 0 Å². The molecule has 4 atom stereocenters. The van der Waals surface area contributed by atoms with Crippen molar-refractivity contribution in [3.63, 3.8) is 0 Å². The zero-order valence-corrected chi connectivity index (χ0v) is 30.2. The lowest BCUT2D eigenvalue weighted by Gasteiger charge is -2.20. The molecule has 0 N–H and O–H groups in total. The highest BCUT2D eigenvalue weighted by Gasteiger charge is 2.44. The molecule has 1 saturated carbocycles. The van der Waals surface area contributed by atoms with E-state index in [0.29, 0.717) is 40.9 Å². The van der Waals surface area contributed by atoms with Crippen molar-refractivity contribution in [2.24, 2.45) is 33.9 Å². The van der Waals surface area contributed by atoms with E-state index in [9.17, 15) is 19.2 Å². The van der Waals surface area contributed by atoms with E-state index >= 15 is 0 Å². The molecule has 56 heavy (non-hydrogen) atoms. The van der Waals surface area contributed by atoms with Crippen molar-refractivity contribution in [2.45, 2.75) is 6.42 Å². The number of carbonyl (C=O) groups excluding carboxylic acids is 4. The summed E-state index contributed by atoms with van der Waals surface area (Å²) in [5.74, 6) is -0.524. The summed E-state index contributed by atoms with van der Waals surface area (Å²) in [6.07, 6.45) is 20.9. The number of benzene rings is 3. The second-order valence-electron chi connectivity index (χ2n) is 12.6. The molecule has 3 aromatic rings. The van der Waals surface area contributed by atoms with Gasteiger partial charge < -0.3 is 28.4 Å². The number of hydrogen-bond acceptors (Lipinski definition) is 12. The smallest absolute Gasteiger partial charge is 0.343 e. The Morgan fingerprint density at radius 3 is 1.73 bits per heavy atom. The van der Waals surface area contributed by atoms with Crippen molar-refractivity contribution in [3.8, 4) is 17.2 Å². The SMILES string of the molecule is C=CC(=O)OCOc1ccc(C(=O)OCCc2ccc(OC(=O)c3ccc(OCOC(=O)C=C)cc3)c(/C=N/N=C3C4C=CC=CC4C4C=CC=CC34)c2)cc1. The number of nitrogens with zero attached hydrogens (tertiary/aromatic N) is 2. The first-order chi connectivity index (χ1) is 27.3. The van der Waals surface area contributed by atoms with Crippen LogP contribution in [0.2, 0.25) is 0 Å². The number of allylic oxidation sites excluding steroid dienone is 8. The maximum absolute atomic E-state index is 13.3. The van der Waals surface area contributed by atoms with Gasteiger partial charge >= 0.3 is 23.9 Å². The first-order valence-corrected chi connectivity index (χ1v) is 17.7. The van der Waals surface area contributed by atoms with Crippen LogP contribution in [-0.4, -0.2) is 56.0 Å². The van der Waals surface area contributed by atoms with Gasteiger partial charge in [-0.2, -0.15) is 10.2 Å². The van der Waals surface area contributed by atoms with E-state index in [1.54, 1.807) is 60.8 Å². The standard InChI is InChI=1S/C44H38N2O10/c1-3-40(47)54-27-52-33-18-14-30(15-19-33)43(49)51-24-23-29-13-22-39(56-44(50)31-16-20-34(21-17-31)53-28-55-41(48)4-2)32(25-29)26-45-46-42-37-11-7-5-9-35(37)36-10-6-8-12-38(36)42/h3-22,25-26,35-38H,1-2,23-24,27-28H2/b45-26+,46-42?. The van der Waals surface area contributed by atoms with E-state index < -0.39 is 23.9 Å². The van der Waals surface area contributed by atoms with Crippen molar-refractivity contribution in [1.82, 2.24) is 0 Å². The molecule has 0 aromatic heterocycles. The van der Waals surface area contributed by atoms with Gasteiger partial charge in [0.15, 0.2) is 0 Å². The fraction of sp³-hybridized carbons (Fsp3) is 0.182. The highest BCUT2D eigenvalue weighted by molar-refractivity contribution is 5.97. The average Bonchev–Trinajstić information content (AvgIpc) is 3.55. The molecule has 0 aliphatic heterocycles. The molecule has 3 aromatic carbocycles. The fourth-order valence-electron chi connectivity index (χ4n) is 6.34. The largest absolute Gasteiger partial charge is 0.462 e. The van der Waals surface area contributed by atoms with Crippen LogP contribution in [0.3, 0.4) is 0 Å². The van der Waals surface area contributed by atoms with E-state index in [1.807, 2.05) is 12.2 Å². The molecule has 4 unspecified atom stereocenters. The lowest BCUT2D eigenvalue weighted by Crippen LogP contribution is -2.15. The molecule has 3 aliphatic carbocycles. The Morgan fingerprint density at radius 2 is 1.18 bits per heavy atom. The van der Waals surface area contributed by atoms with Gasteiger partial charge in [0.2, 0.25) is 13.6 Å². The summed E-state index contributed by atoms with van der Waals surface area (Å²) in [4.78, 5) is 48.5. The quantitative estimate of drug-likeness (QED) is 0.0286. The van der Waals surface area contributed by atoms with E-state index in [2.05, 4.69) is 54.7 Å². The zero-order chi connectivity index (χ0) is 39.3. The molecule has 6 rings (SSSR count). The van der Waals surface area contributed by atoms with Gasteiger partial charge in [0.1, 0.15) is 17.2 Å². The molecule has 12 heteroatoms. The van der Waals surface area contributed by atoms with E-state index in [-0.39, 0.29) is 43.3 Å². The average molecular weight is 755 g/mol. The van der Waals surface area contributed by atoms with Crippen LogP contribution in [0, 0.1) is 23.7 Å². The number of rotatable bonds is 16. The number of fused-ring (bicyclic) bond motifs is 3. The van der Waals surface area contributed by atoms with Crippen LogP contribution in [0.25, 0.3) is 0 Å². The third kappa shape index (κ3) is 9.91. The summed E-state index contributed by atoms with van der Waals surface area (Å²) in [7, 11) is 0. The minimum atomic E-state index is -0.619. The minimum Gasteiger partial charge on any atom is -0.462 e. The Labute approximate surface area is 323 Å². The first kappa shape index (κ1) is 38.6. The third-order valence-corrected chi connectivity index (χ3v) is 9.12. The second-order valence-corrected chi connectivity index (χ2v) is 12.6. The van der Waals surface area contributed by atoms with Crippen LogP contribution in [0.5, 0.6) is 17.2 Å². The number of carbonyl (C=O) groups is 4. The summed E-state index contributed by atoms with van der Waals surface area (Å²) in [6, 6.07) is 17.6. The molecule has 0 heterocycles. The molecule has 284 valence electrons. The van der Waals surface area contributed by atoms with Crippen LogP contribution in [0.1, 0.15) is 31.8 Å². The predicted molar refractivity (Wildman–Crippen MR) is 207 cm³/mol. The Kier molecular flexibility index (Phi) is 13.0. The Morgan fingerprint density at radius 1 is 0.643 bits per heavy atom. The molecule has 0 bridgehead atoms.